The van der Waals surface area contributed by atoms with Gasteiger partial charge in [0.2, 0.25) is 0 Å². The average molecular weight is 296 g/mol. The Morgan fingerprint density at radius 2 is 1.86 bits per heavy atom. The minimum Gasteiger partial charge on any atom is -0.376 e. The van der Waals surface area contributed by atoms with E-state index >= 15 is 0 Å². The summed E-state index contributed by atoms with van der Waals surface area (Å²) >= 11 is 0. The van der Waals surface area contributed by atoms with Gasteiger partial charge in [-0.1, -0.05) is 27.2 Å². The molecule has 0 aromatic rings. The molecule has 3 heteroatoms. The Labute approximate surface area is 131 Å². The van der Waals surface area contributed by atoms with Gasteiger partial charge in [0.05, 0.1) is 12.7 Å². The molecule has 2 aliphatic rings. The fourth-order valence-electron chi connectivity index (χ4n) is 4.40. The second kappa shape index (κ2) is 6.55. The van der Waals surface area contributed by atoms with E-state index in [9.17, 15) is 0 Å². The Morgan fingerprint density at radius 1 is 1.24 bits per heavy atom. The van der Waals surface area contributed by atoms with Crippen molar-refractivity contribution in [2.45, 2.75) is 84.4 Å². The fraction of sp³-hybridized carbons (Fsp3) is 1.00. The molecule has 2 fully saturated rings. The van der Waals surface area contributed by atoms with Gasteiger partial charge in [-0.3, -0.25) is 4.90 Å². The lowest BCUT2D eigenvalue weighted by Crippen LogP contribution is -2.63. The maximum Gasteiger partial charge on any atom is 0.0675 e. The van der Waals surface area contributed by atoms with E-state index in [0.29, 0.717) is 17.6 Å². The molecule has 2 N–H and O–H groups in total. The van der Waals surface area contributed by atoms with Crippen molar-refractivity contribution in [1.82, 2.24) is 4.90 Å². The van der Waals surface area contributed by atoms with Gasteiger partial charge in [0.1, 0.15) is 0 Å². The monoisotopic (exact) mass is 296 g/mol. The van der Waals surface area contributed by atoms with Crippen molar-refractivity contribution in [3.63, 3.8) is 0 Å². The average Bonchev–Trinajstić information content (AvgIpc) is 2.49. The number of hydrogen-bond donors (Lipinski definition) is 1. The zero-order valence-electron chi connectivity index (χ0n) is 14.8. The summed E-state index contributed by atoms with van der Waals surface area (Å²) in [6, 6.07) is 0.500. The summed E-state index contributed by atoms with van der Waals surface area (Å²) in [5, 5.41) is 0. The summed E-state index contributed by atoms with van der Waals surface area (Å²) in [7, 11) is 0. The molecule has 2 atom stereocenters. The first-order valence-electron chi connectivity index (χ1n) is 8.93. The highest BCUT2D eigenvalue weighted by Crippen LogP contribution is 2.45. The van der Waals surface area contributed by atoms with Crippen LogP contribution in [0.4, 0.5) is 0 Å². The second-order valence-electron chi connectivity index (χ2n) is 8.19. The molecule has 1 heterocycles. The Hall–Kier alpha value is -0.120. The Kier molecular flexibility index (Phi) is 5.38. The summed E-state index contributed by atoms with van der Waals surface area (Å²) < 4.78 is 5.81. The molecule has 0 spiro atoms. The third-order valence-electron chi connectivity index (χ3n) is 6.53. The van der Waals surface area contributed by atoms with Gasteiger partial charge in [-0.25, -0.2) is 0 Å². The molecule has 124 valence electrons. The number of morpholine rings is 1. The topological polar surface area (TPSA) is 38.5 Å². The smallest absolute Gasteiger partial charge is 0.0675 e. The lowest BCUT2D eigenvalue weighted by Gasteiger charge is -2.54. The van der Waals surface area contributed by atoms with Gasteiger partial charge in [0, 0.05) is 24.7 Å². The second-order valence-corrected chi connectivity index (χ2v) is 8.19. The van der Waals surface area contributed by atoms with E-state index in [4.69, 9.17) is 10.5 Å². The number of nitrogens with zero attached hydrogens (tertiary/aromatic N) is 1. The van der Waals surface area contributed by atoms with Crippen LogP contribution in [-0.4, -0.2) is 42.3 Å². The molecular formula is C18H36N2O. The summed E-state index contributed by atoms with van der Waals surface area (Å²) in [6.45, 7) is 14.4. The quantitative estimate of drug-likeness (QED) is 0.864. The van der Waals surface area contributed by atoms with Crippen molar-refractivity contribution < 1.29 is 4.74 Å². The molecule has 0 bridgehead atoms. The van der Waals surface area contributed by atoms with Crippen molar-refractivity contribution in [2.75, 3.05) is 19.7 Å². The van der Waals surface area contributed by atoms with Crippen LogP contribution in [0.3, 0.4) is 0 Å². The largest absolute Gasteiger partial charge is 0.376 e. The van der Waals surface area contributed by atoms with Crippen LogP contribution in [0.5, 0.6) is 0 Å². The van der Waals surface area contributed by atoms with Gasteiger partial charge in [-0.2, -0.15) is 0 Å². The third kappa shape index (κ3) is 3.46. The Morgan fingerprint density at radius 3 is 2.38 bits per heavy atom. The van der Waals surface area contributed by atoms with Crippen LogP contribution >= 0.6 is 0 Å². The molecule has 1 aliphatic carbocycles. The van der Waals surface area contributed by atoms with E-state index in [2.05, 4.69) is 39.5 Å². The molecular weight excluding hydrogens is 260 g/mol. The highest BCUT2D eigenvalue weighted by molar-refractivity contribution is 5.00. The van der Waals surface area contributed by atoms with Crippen LogP contribution in [0.25, 0.3) is 0 Å². The van der Waals surface area contributed by atoms with Crippen molar-refractivity contribution in [2.24, 2.45) is 17.1 Å². The number of nitrogens with two attached hydrogens (primary N) is 1. The minimum atomic E-state index is 0.220. The van der Waals surface area contributed by atoms with Crippen molar-refractivity contribution in [1.29, 1.82) is 0 Å². The normalized spacial score (nSPS) is 39.4. The van der Waals surface area contributed by atoms with E-state index in [1.807, 2.05) is 0 Å². The maximum absolute atomic E-state index is 6.28. The van der Waals surface area contributed by atoms with E-state index in [-0.39, 0.29) is 5.54 Å². The predicted octanol–water partition coefficient (Wildman–Crippen LogP) is 3.42. The molecule has 0 aromatic heterocycles. The zero-order chi connectivity index (χ0) is 15.7. The van der Waals surface area contributed by atoms with Crippen molar-refractivity contribution in [3.05, 3.63) is 0 Å². The van der Waals surface area contributed by atoms with Crippen LogP contribution in [0, 0.1) is 11.3 Å². The van der Waals surface area contributed by atoms with Crippen molar-refractivity contribution >= 4 is 0 Å². The highest BCUT2D eigenvalue weighted by atomic mass is 16.5. The predicted molar refractivity (Wildman–Crippen MR) is 89.4 cm³/mol. The highest BCUT2D eigenvalue weighted by Gasteiger charge is 2.45. The fourth-order valence-corrected chi connectivity index (χ4v) is 4.40. The molecule has 1 aliphatic heterocycles. The van der Waals surface area contributed by atoms with Gasteiger partial charge in [-0.05, 0) is 50.9 Å². The SMILES string of the molecule is CCC(C)(C)C1CCC(CN)(N2CC(C)OCC2C)CC1. The molecule has 0 aromatic carbocycles. The van der Waals surface area contributed by atoms with Crippen LogP contribution < -0.4 is 5.73 Å². The third-order valence-corrected chi connectivity index (χ3v) is 6.53. The summed E-state index contributed by atoms with van der Waals surface area (Å²) in [4.78, 5) is 2.68. The molecule has 21 heavy (non-hydrogen) atoms. The number of ether oxygens (including phenoxy) is 1. The lowest BCUT2D eigenvalue weighted by molar-refractivity contribution is -0.108. The molecule has 2 rings (SSSR count). The lowest BCUT2D eigenvalue weighted by atomic mass is 9.65. The zero-order valence-corrected chi connectivity index (χ0v) is 14.8. The van der Waals surface area contributed by atoms with Gasteiger partial charge >= 0.3 is 0 Å². The Bertz CT molecular complexity index is 334. The summed E-state index contributed by atoms with van der Waals surface area (Å²) in [5.74, 6) is 0.857. The Balaban J connectivity index is 2.07. The first kappa shape index (κ1) is 17.2. The first-order valence-corrected chi connectivity index (χ1v) is 8.93. The first-order chi connectivity index (χ1) is 9.84. The minimum absolute atomic E-state index is 0.220. The van der Waals surface area contributed by atoms with Crippen LogP contribution in [-0.2, 0) is 4.74 Å². The van der Waals surface area contributed by atoms with E-state index in [1.165, 1.54) is 32.1 Å². The number of rotatable bonds is 4. The maximum atomic E-state index is 6.28. The molecule has 0 radical (unpaired) electrons. The van der Waals surface area contributed by atoms with Gasteiger partial charge in [-0.15, -0.1) is 0 Å². The standard InChI is InChI=1S/C18H36N2O/c1-6-17(4,5)16-7-9-18(13-19,10-8-16)20-11-15(3)21-12-14(20)2/h14-16H,6-13,19H2,1-5H3. The summed E-state index contributed by atoms with van der Waals surface area (Å²) in [5.41, 5.74) is 6.98. The summed E-state index contributed by atoms with van der Waals surface area (Å²) in [6.07, 6.45) is 6.80. The molecule has 0 amide bonds. The molecule has 1 saturated carbocycles. The molecule has 1 saturated heterocycles. The molecule has 3 nitrogen and oxygen atoms in total. The van der Waals surface area contributed by atoms with Gasteiger partial charge in [0.15, 0.2) is 0 Å². The molecule has 2 unspecified atom stereocenters. The van der Waals surface area contributed by atoms with Gasteiger partial charge < -0.3 is 10.5 Å². The van der Waals surface area contributed by atoms with E-state index in [0.717, 1.165) is 25.6 Å². The van der Waals surface area contributed by atoms with Crippen molar-refractivity contribution in [3.8, 4) is 0 Å². The van der Waals surface area contributed by atoms with E-state index in [1.54, 1.807) is 0 Å². The van der Waals surface area contributed by atoms with Crippen LogP contribution in [0.15, 0.2) is 0 Å². The van der Waals surface area contributed by atoms with E-state index < -0.39 is 0 Å². The van der Waals surface area contributed by atoms with Crippen LogP contribution in [0.1, 0.15) is 66.7 Å². The number of hydrogen-bond acceptors (Lipinski definition) is 3. The van der Waals surface area contributed by atoms with Crippen LogP contribution in [0.2, 0.25) is 0 Å². The van der Waals surface area contributed by atoms with Gasteiger partial charge in [0.25, 0.3) is 0 Å².